The molecule has 2 atom stereocenters. The zero-order valence-corrected chi connectivity index (χ0v) is 14.7. The van der Waals surface area contributed by atoms with Gasteiger partial charge in [0.1, 0.15) is 29.0 Å². The van der Waals surface area contributed by atoms with Crippen molar-refractivity contribution in [1.82, 2.24) is 5.32 Å². The molecule has 138 valence electrons. The molecule has 0 spiro atoms. The van der Waals surface area contributed by atoms with Crippen LogP contribution in [-0.4, -0.2) is 23.6 Å². The predicted octanol–water partition coefficient (Wildman–Crippen LogP) is 3.88. The van der Waals surface area contributed by atoms with Crippen LogP contribution in [0.25, 0.3) is 0 Å². The maximum absolute atomic E-state index is 10.8. The maximum atomic E-state index is 10.8. The summed E-state index contributed by atoms with van der Waals surface area (Å²) < 4.78 is 11.8. The molecule has 2 aromatic carbocycles. The molecule has 26 heavy (non-hydrogen) atoms. The minimum Gasteiger partial charge on any atom is -0.489 e. The molecule has 0 saturated carbocycles. The van der Waals surface area contributed by atoms with E-state index in [0.29, 0.717) is 17.5 Å². The molecule has 0 aromatic heterocycles. The van der Waals surface area contributed by atoms with Crippen LogP contribution >= 0.6 is 0 Å². The largest absolute Gasteiger partial charge is 0.489 e. The van der Waals surface area contributed by atoms with Gasteiger partial charge in [-0.3, -0.25) is 10.1 Å². The van der Waals surface area contributed by atoms with Gasteiger partial charge in [-0.25, -0.2) is 0 Å². The SMILES string of the molecule is CC(Oc1cccc(Oc2ccc([N+](=O)[O-])c(N)c2)c1)C1CCCCN1. The summed E-state index contributed by atoms with van der Waals surface area (Å²) >= 11 is 0. The van der Waals surface area contributed by atoms with E-state index < -0.39 is 4.92 Å². The zero-order chi connectivity index (χ0) is 18.5. The van der Waals surface area contributed by atoms with E-state index in [1.165, 1.54) is 31.0 Å². The van der Waals surface area contributed by atoms with Crippen LogP contribution in [0, 0.1) is 10.1 Å². The van der Waals surface area contributed by atoms with Gasteiger partial charge >= 0.3 is 0 Å². The summed E-state index contributed by atoms with van der Waals surface area (Å²) in [5.74, 6) is 1.74. The molecule has 1 heterocycles. The standard InChI is InChI=1S/C19H23N3O4/c1-13(18-7-2-3-10-21-18)25-14-5-4-6-15(11-14)26-16-8-9-19(22(23)24)17(20)12-16/h4-6,8-9,11-13,18,21H,2-3,7,10,20H2,1H3. The summed E-state index contributed by atoms with van der Waals surface area (Å²) in [6.07, 6.45) is 3.60. The number of hydrogen-bond acceptors (Lipinski definition) is 6. The van der Waals surface area contributed by atoms with E-state index in [9.17, 15) is 10.1 Å². The van der Waals surface area contributed by atoms with E-state index in [1.54, 1.807) is 12.1 Å². The molecular formula is C19H23N3O4. The number of rotatable bonds is 6. The van der Waals surface area contributed by atoms with Gasteiger partial charge in [-0.15, -0.1) is 0 Å². The molecule has 1 aliphatic heterocycles. The Balaban J connectivity index is 1.67. The minimum atomic E-state index is -0.520. The molecule has 2 unspecified atom stereocenters. The van der Waals surface area contributed by atoms with Crippen LogP contribution in [-0.2, 0) is 0 Å². The molecule has 0 bridgehead atoms. The topological polar surface area (TPSA) is 99.6 Å². The van der Waals surface area contributed by atoms with Crippen molar-refractivity contribution in [3.05, 3.63) is 52.6 Å². The van der Waals surface area contributed by atoms with Crippen LogP contribution in [0.4, 0.5) is 11.4 Å². The summed E-state index contributed by atoms with van der Waals surface area (Å²) in [6, 6.07) is 12.0. The maximum Gasteiger partial charge on any atom is 0.292 e. The van der Waals surface area contributed by atoms with Crippen molar-refractivity contribution in [2.75, 3.05) is 12.3 Å². The van der Waals surface area contributed by atoms with Gasteiger partial charge in [0.15, 0.2) is 0 Å². The Bertz CT molecular complexity index is 775. The smallest absolute Gasteiger partial charge is 0.292 e. The van der Waals surface area contributed by atoms with Crippen LogP contribution in [0.3, 0.4) is 0 Å². The third kappa shape index (κ3) is 4.43. The molecule has 0 radical (unpaired) electrons. The van der Waals surface area contributed by atoms with Crippen molar-refractivity contribution in [2.45, 2.75) is 38.3 Å². The van der Waals surface area contributed by atoms with Crippen LogP contribution in [0.2, 0.25) is 0 Å². The molecule has 3 N–H and O–H groups in total. The normalized spacial score (nSPS) is 18.1. The molecule has 0 amide bonds. The number of nitrogens with zero attached hydrogens (tertiary/aromatic N) is 1. The average Bonchev–Trinajstić information content (AvgIpc) is 2.62. The number of nitrogens with two attached hydrogens (primary N) is 1. The number of nitrogens with one attached hydrogen (secondary N) is 1. The Labute approximate surface area is 152 Å². The van der Waals surface area contributed by atoms with Crippen molar-refractivity contribution in [2.24, 2.45) is 0 Å². The quantitative estimate of drug-likeness (QED) is 0.462. The van der Waals surface area contributed by atoms with E-state index in [2.05, 4.69) is 12.2 Å². The lowest BCUT2D eigenvalue weighted by Gasteiger charge is -2.29. The average molecular weight is 357 g/mol. The van der Waals surface area contributed by atoms with Crippen LogP contribution in [0.1, 0.15) is 26.2 Å². The Morgan fingerprint density at radius 1 is 1.19 bits per heavy atom. The summed E-state index contributed by atoms with van der Waals surface area (Å²) in [7, 11) is 0. The number of ether oxygens (including phenoxy) is 2. The lowest BCUT2D eigenvalue weighted by atomic mass is 10.0. The number of nitrogen functional groups attached to an aromatic ring is 1. The van der Waals surface area contributed by atoms with Crippen molar-refractivity contribution < 1.29 is 14.4 Å². The van der Waals surface area contributed by atoms with E-state index in [-0.39, 0.29) is 17.5 Å². The Morgan fingerprint density at radius 2 is 1.96 bits per heavy atom. The minimum absolute atomic E-state index is 0.0561. The first-order valence-electron chi connectivity index (χ1n) is 8.75. The Morgan fingerprint density at radius 3 is 2.65 bits per heavy atom. The van der Waals surface area contributed by atoms with E-state index >= 15 is 0 Å². The van der Waals surface area contributed by atoms with Crippen molar-refractivity contribution in [3.63, 3.8) is 0 Å². The summed E-state index contributed by atoms with van der Waals surface area (Å²) in [5.41, 5.74) is 5.63. The lowest BCUT2D eigenvalue weighted by molar-refractivity contribution is -0.383. The zero-order valence-electron chi connectivity index (χ0n) is 14.7. The number of benzene rings is 2. The van der Waals surface area contributed by atoms with Gasteiger partial charge in [-0.1, -0.05) is 12.5 Å². The molecule has 7 heteroatoms. The number of hydrogen-bond donors (Lipinski definition) is 2. The fourth-order valence-electron chi connectivity index (χ4n) is 3.09. The monoisotopic (exact) mass is 357 g/mol. The summed E-state index contributed by atoms with van der Waals surface area (Å²) in [5, 5.41) is 14.3. The Hall–Kier alpha value is -2.80. The third-order valence-electron chi connectivity index (χ3n) is 4.47. The molecule has 0 aliphatic carbocycles. The highest BCUT2D eigenvalue weighted by atomic mass is 16.6. The molecule has 1 aliphatic rings. The molecular weight excluding hydrogens is 334 g/mol. The van der Waals surface area contributed by atoms with Gasteiger partial charge in [0.05, 0.1) is 4.92 Å². The second-order valence-corrected chi connectivity index (χ2v) is 6.43. The fourth-order valence-corrected chi connectivity index (χ4v) is 3.09. The number of nitro benzene ring substituents is 1. The molecule has 7 nitrogen and oxygen atoms in total. The molecule has 3 rings (SSSR count). The van der Waals surface area contributed by atoms with Crippen molar-refractivity contribution in [3.8, 4) is 17.2 Å². The summed E-state index contributed by atoms with van der Waals surface area (Å²) in [6.45, 7) is 3.09. The highest BCUT2D eigenvalue weighted by Gasteiger charge is 2.21. The second kappa shape index (κ2) is 8.05. The fraction of sp³-hybridized carbons (Fsp3) is 0.368. The number of nitro groups is 1. The molecule has 1 fully saturated rings. The summed E-state index contributed by atoms with van der Waals surface area (Å²) in [4.78, 5) is 10.3. The van der Waals surface area contributed by atoms with Crippen LogP contribution in [0.5, 0.6) is 17.2 Å². The van der Waals surface area contributed by atoms with Crippen LogP contribution < -0.4 is 20.5 Å². The van der Waals surface area contributed by atoms with Gasteiger partial charge in [0, 0.05) is 24.2 Å². The number of anilines is 1. The third-order valence-corrected chi connectivity index (χ3v) is 4.47. The second-order valence-electron chi connectivity index (χ2n) is 6.43. The van der Waals surface area contributed by atoms with E-state index in [4.69, 9.17) is 15.2 Å². The van der Waals surface area contributed by atoms with Gasteiger partial charge in [0.25, 0.3) is 5.69 Å². The highest BCUT2D eigenvalue weighted by Crippen LogP contribution is 2.31. The first-order chi connectivity index (χ1) is 12.5. The predicted molar refractivity (Wildman–Crippen MR) is 99.8 cm³/mol. The first-order valence-corrected chi connectivity index (χ1v) is 8.75. The van der Waals surface area contributed by atoms with Gasteiger partial charge in [-0.05, 0) is 44.5 Å². The first kappa shape index (κ1) is 18.0. The van der Waals surface area contributed by atoms with E-state index in [1.807, 2.05) is 12.1 Å². The van der Waals surface area contributed by atoms with Crippen molar-refractivity contribution >= 4 is 11.4 Å². The van der Waals surface area contributed by atoms with Crippen molar-refractivity contribution in [1.29, 1.82) is 0 Å². The van der Waals surface area contributed by atoms with E-state index in [0.717, 1.165) is 18.7 Å². The van der Waals surface area contributed by atoms with Gasteiger partial charge in [0.2, 0.25) is 0 Å². The molecule has 2 aromatic rings. The number of piperidine rings is 1. The van der Waals surface area contributed by atoms with Gasteiger partial charge in [-0.2, -0.15) is 0 Å². The van der Waals surface area contributed by atoms with Crippen LogP contribution in [0.15, 0.2) is 42.5 Å². The lowest BCUT2D eigenvalue weighted by Crippen LogP contribution is -2.44. The highest BCUT2D eigenvalue weighted by molar-refractivity contribution is 5.61. The molecule has 1 saturated heterocycles. The Kier molecular flexibility index (Phi) is 5.58. The van der Waals surface area contributed by atoms with Gasteiger partial charge < -0.3 is 20.5 Å².